The quantitative estimate of drug-likeness (QED) is 0.722. The predicted molar refractivity (Wildman–Crippen MR) is 69.6 cm³/mol. The van der Waals surface area contributed by atoms with Crippen molar-refractivity contribution in [2.45, 2.75) is 11.3 Å². The van der Waals surface area contributed by atoms with E-state index in [1.807, 2.05) is 0 Å². The molecule has 0 amide bonds. The molecule has 0 aromatic carbocycles. The lowest BCUT2D eigenvalue weighted by atomic mass is 10.4. The molecule has 1 aromatic heterocycles. The van der Waals surface area contributed by atoms with Crippen LogP contribution in [-0.2, 0) is 10.0 Å². The summed E-state index contributed by atoms with van der Waals surface area (Å²) >= 11 is 0.913. The van der Waals surface area contributed by atoms with Gasteiger partial charge in [-0.15, -0.1) is 11.3 Å². The molecule has 0 saturated heterocycles. The predicted octanol–water partition coefficient (Wildman–Crippen LogP) is 0.676. The number of hydrogen-bond donors (Lipinski definition) is 2. The maximum Gasteiger partial charge on any atom is 0.347 e. The van der Waals surface area contributed by atoms with Gasteiger partial charge in [0.15, 0.2) is 0 Å². The summed E-state index contributed by atoms with van der Waals surface area (Å²) in [5.74, 6) is -1.22. The first-order valence-electron chi connectivity index (χ1n) is 5.33. The minimum absolute atomic E-state index is 0.132. The normalized spacial score (nSPS) is 11.9. The topological polar surface area (TPSA) is 86.7 Å². The average molecular weight is 292 g/mol. The number of carbonyl (C=O) groups is 1. The van der Waals surface area contributed by atoms with Crippen LogP contribution >= 0.6 is 11.3 Å². The van der Waals surface area contributed by atoms with Crippen molar-refractivity contribution >= 4 is 27.3 Å². The van der Waals surface area contributed by atoms with E-state index in [-0.39, 0.29) is 9.77 Å². The second-order valence-corrected chi connectivity index (χ2v) is 6.63. The Labute approximate surface area is 110 Å². The number of nitrogens with zero attached hydrogens (tertiary/aromatic N) is 1. The summed E-state index contributed by atoms with van der Waals surface area (Å²) < 4.78 is 25.5. The van der Waals surface area contributed by atoms with E-state index in [0.29, 0.717) is 19.5 Å². The van der Waals surface area contributed by atoms with Gasteiger partial charge >= 0.3 is 5.97 Å². The lowest BCUT2D eigenvalue weighted by Crippen LogP contribution is -2.30. The summed E-state index contributed by atoms with van der Waals surface area (Å²) in [6.45, 7) is 1.05. The Morgan fingerprint density at radius 3 is 2.78 bits per heavy atom. The van der Waals surface area contributed by atoms with Crippen molar-refractivity contribution in [1.82, 2.24) is 9.62 Å². The molecule has 0 radical (unpaired) electrons. The summed E-state index contributed by atoms with van der Waals surface area (Å²) in [6, 6.07) is 1.33. The highest BCUT2D eigenvalue weighted by molar-refractivity contribution is 7.89. The third kappa shape index (κ3) is 3.29. The maximum absolute atomic E-state index is 12.2. The van der Waals surface area contributed by atoms with Gasteiger partial charge in [0.25, 0.3) is 0 Å². The number of nitrogens with one attached hydrogen (secondary N) is 1. The van der Waals surface area contributed by atoms with Gasteiger partial charge in [0.2, 0.25) is 10.0 Å². The van der Waals surface area contributed by atoms with Crippen molar-refractivity contribution in [3.05, 3.63) is 16.3 Å². The lowest BCUT2D eigenvalue weighted by molar-refractivity contribution is 0.0698. The Kier molecular flexibility index (Phi) is 5.27. The molecule has 0 bridgehead atoms. The fraction of sp³-hybridized carbons (Fsp3) is 0.500. The minimum atomic E-state index is -3.72. The first-order chi connectivity index (χ1) is 8.41. The standard InChI is InChI=1S/C10H16N2O4S2/c1-11-5-3-6-12(2)18(15,16)8-4-7-17-9(8)10(13)14/h4,7,11H,3,5-6H2,1-2H3,(H,13,14). The zero-order valence-electron chi connectivity index (χ0n) is 10.2. The van der Waals surface area contributed by atoms with Crippen molar-refractivity contribution in [2.75, 3.05) is 27.2 Å². The summed E-state index contributed by atoms with van der Waals surface area (Å²) in [4.78, 5) is 10.7. The monoisotopic (exact) mass is 292 g/mol. The van der Waals surface area contributed by atoms with Crippen LogP contribution in [0.5, 0.6) is 0 Å². The highest BCUT2D eigenvalue weighted by atomic mass is 32.2. The molecule has 0 aliphatic rings. The summed E-state index contributed by atoms with van der Waals surface area (Å²) in [5.41, 5.74) is 0. The minimum Gasteiger partial charge on any atom is -0.477 e. The molecule has 0 fully saturated rings. The van der Waals surface area contributed by atoms with Crippen molar-refractivity contribution < 1.29 is 18.3 Å². The molecular weight excluding hydrogens is 276 g/mol. The first kappa shape index (κ1) is 15.1. The van der Waals surface area contributed by atoms with E-state index in [0.717, 1.165) is 11.3 Å². The SMILES string of the molecule is CNCCCN(C)S(=O)(=O)c1ccsc1C(=O)O. The largest absolute Gasteiger partial charge is 0.477 e. The van der Waals surface area contributed by atoms with Crippen LogP contribution in [0, 0.1) is 0 Å². The Morgan fingerprint density at radius 1 is 1.56 bits per heavy atom. The molecule has 1 rings (SSSR count). The van der Waals surface area contributed by atoms with Gasteiger partial charge in [0.1, 0.15) is 9.77 Å². The highest BCUT2D eigenvalue weighted by Gasteiger charge is 2.27. The molecule has 8 heteroatoms. The molecule has 2 N–H and O–H groups in total. The molecule has 0 aliphatic heterocycles. The Bertz CT molecular complexity index is 510. The van der Waals surface area contributed by atoms with Crippen LogP contribution in [0.3, 0.4) is 0 Å². The van der Waals surface area contributed by atoms with E-state index in [1.54, 1.807) is 7.05 Å². The zero-order valence-corrected chi connectivity index (χ0v) is 11.8. The second kappa shape index (κ2) is 6.28. The Hall–Kier alpha value is -0.960. The van der Waals surface area contributed by atoms with Crippen LogP contribution in [0.15, 0.2) is 16.3 Å². The number of carboxylic acid groups (broad SMARTS) is 1. The molecular formula is C10H16N2O4S2. The van der Waals surface area contributed by atoms with E-state index in [9.17, 15) is 13.2 Å². The van der Waals surface area contributed by atoms with E-state index in [1.165, 1.54) is 22.8 Å². The van der Waals surface area contributed by atoms with Crippen molar-refractivity contribution in [1.29, 1.82) is 0 Å². The van der Waals surface area contributed by atoms with E-state index in [4.69, 9.17) is 5.11 Å². The number of hydrogen-bond acceptors (Lipinski definition) is 5. The van der Waals surface area contributed by atoms with Crippen LogP contribution < -0.4 is 5.32 Å². The zero-order chi connectivity index (χ0) is 13.8. The number of rotatable bonds is 7. The lowest BCUT2D eigenvalue weighted by Gasteiger charge is -2.16. The van der Waals surface area contributed by atoms with E-state index >= 15 is 0 Å². The van der Waals surface area contributed by atoms with Gasteiger partial charge in [-0.05, 0) is 31.5 Å². The van der Waals surface area contributed by atoms with Gasteiger partial charge in [-0.1, -0.05) is 0 Å². The maximum atomic E-state index is 12.2. The van der Waals surface area contributed by atoms with Gasteiger partial charge < -0.3 is 10.4 Å². The molecule has 0 atom stereocenters. The number of sulfonamides is 1. The van der Waals surface area contributed by atoms with Crippen molar-refractivity contribution in [3.63, 3.8) is 0 Å². The van der Waals surface area contributed by atoms with E-state index in [2.05, 4.69) is 5.32 Å². The van der Waals surface area contributed by atoms with Gasteiger partial charge in [-0.3, -0.25) is 0 Å². The molecule has 1 heterocycles. The number of aromatic carboxylic acids is 1. The van der Waals surface area contributed by atoms with Gasteiger partial charge in [0, 0.05) is 13.6 Å². The Morgan fingerprint density at radius 2 is 2.22 bits per heavy atom. The molecule has 18 heavy (non-hydrogen) atoms. The molecule has 0 spiro atoms. The third-order valence-electron chi connectivity index (χ3n) is 2.41. The number of carboxylic acids is 1. The van der Waals surface area contributed by atoms with Crippen molar-refractivity contribution in [2.24, 2.45) is 0 Å². The van der Waals surface area contributed by atoms with Crippen molar-refractivity contribution in [3.8, 4) is 0 Å². The Balaban J connectivity index is 2.92. The molecule has 102 valence electrons. The van der Waals surface area contributed by atoms with Crippen LogP contribution in [0.2, 0.25) is 0 Å². The van der Waals surface area contributed by atoms with Crippen LogP contribution in [0.1, 0.15) is 16.1 Å². The molecule has 1 aromatic rings. The molecule has 6 nitrogen and oxygen atoms in total. The van der Waals surface area contributed by atoms with Crippen LogP contribution in [0.4, 0.5) is 0 Å². The van der Waals surface area contributed by atoms with Gasteiger partial charge in [0.05, 0.1) is 0 Å². The summed E-state index contributed by atoms with van der Waals surface area (Å²) in [7, 11) is -0.476. The van der Waals surface area contributed by atoms with Gasteiger partial charge in [-0.2, -0.15) is 0 Å². The first-order valence-corrected chi connectivity index (χ1v) is 7.65. The fourth-order valence-corrected chi connectivity index (χ4v) is 3.86. The third-order valence-corrected chi connectivity index (χ3v) is 5.34. The average Bonchev–Trinajstić information content (AvgIpc) is 2.78. The molecule has 0 unspecified atom stereocenters. The number of thiophene rings is 1. The van der Waals surface area contributed by atoms with Crippen LogP contribution in [0.25, 0.3) is 0 Å². The molecule has 0 saturated carbocycles. The smallest absolute Gasteiger partial charge is 0.347 e. The highest BCUT2D eigenvalue weighted by Crippen LogP contribution is 2.24. The van der Waals surface area contributed by atoms with Crippen LogP contribution in [-0.4, -0.2) is 51.0 Å². The summed E-state index contributed by atoms with van der Waals surface area (Å²) in [5, 5.41) is 13.3. The summed E-state index contributed by atoms with van der Waals surface area (Å²) in [6.07, 6.45) is 0.665. The fourth-order valence-electron chi connectivity index (χ4n) is 1.42. The second-order valence-electron chi connectivity index (χ2n) is 3.70. The molecule has 0 aliphatic carbocycles. The van der Waals surface area contributed by atoms with E-state index < -0.39 is 16.0 Å². The van der Waals surface area contributed by atoms with Gasteiger partial charge in [-0.25, -0.2) is 17.5 Å².